The molecule has 0 N–H and O–H groups in total. The lowest BCUT2D eigenvalue weighted by atomic mass is 9.99. The lowest BCUT2D eigenvalue weighted by molar-refractivity contribution is -0.132. The van der Waals surface area contributed by atoms with Gasteiger partial charge in [0.25, 0.3) is 0 Å². The minimum Gasteiger partial charge on any atom is -0.337 e. The topological polar surface area (TPSA) is 57.7 Å². The van der Waals surface area contributed by atoms with Gasteiger partial charge in [-0.2, -0.15) is 0 Å². The molecule has 0 radical (unpaired) electrons. The smallest absolute Gasteiger partial charge is 0.224 e. The van der Waals surface area contributed by atoms with E-state index in [0.29, 0.717) is 30.8 Å². The molecular formula is C20H28N2O3S. The molecule has 2 aliphatic heterocycles. The van der Waals surface area contributed by atoms with Gasteiger partial charge < -0.3 is 9.80 Å². The van der Waals surface area contributed by atoms with Crippen LogP contribution in [-0.4, -0.2) is 57.6 Å². The van der Waals surface area contributed by atoms with Gasteiger partial charge in [0.1, 0.15) is 0 Å². The number of carbonyl (C=O) groups excluding carboxylic acids is 2. The molecule has 5 nitrogen and oxygen atoms in total. The number of piperidine rings is 1. The van der Waals surface area contributed by atoms with Gasteiger partial charge >= 0.3 is 0 Å². The maximum absolute atomic E-state index is 12.7. The summed E-state index contributed by atoms with van der Waals surface area (Å²) in [6.45, 7) is 7.70. The van der Waals surface area contributed by atoms with Crippen molar-refractivity contribution < 1.29 is 13.8 Å². The Kier molecular flexibility index (Phi) is 6.24. The number of fused-ring (bicyclic) bond motifs is 1. The lowest BCUT2D eigenvalue weighted by Crippen LogP contribution is -2.38. The van der Waals surface area contributed by atoms with Crippen LogP contribution in [0.4, 0.5) is 0 Å². The fourth-order valence-electron chi connectivity index (χ4n) is 3.64. The number of benzene rings is 1. The number of rotatable bonds is 4. The quantitative estimate of drug-likeness (QED) is 0.758. The van der Waals surface area contributed by atoms with Crippen molar-refractivity contribution in [1.29, 1.82) is 0 Å². The molecule has 1 aromatic rings. The van der Waals surface area contributed by atoms with Crippen LogP contribution in [0.15, 0.2) is 23.1 Å². The van der Waals surface area contributed by atoms with Gasteiger partial charge in [-0.15, -0.1) is 0 Å². The van der Waals surface area contributed by atoms with E-state index in [0.717, 1.165) is 36.0 Å². The third kappa shape index (κ3) is 4.60. The molecule has 26 heavy (non-hydrogen) atoms. The van der Waals surface area contributed by atoms with Gasteiger partial charge in [0.2, 0.25) is 5.91 Å². The molecule has 1 aromatic carbocycles. The zero-order valence-electron chi connectivity index (χ0n) is 15.7. The molecule has 0 saturated carbocycles. The van der Waals surface area contributed by atoms with Gasteiger partial charge in [0.15, 0.2) is 5.78 Å². The van der Waals surface area contributed by atoms with Crippen LogP contribution in [-0.2, 0) is 22.1 Å². The zero-order chi connectivity index (χ0) is 18.7. The lowest BCUT2D eigenvalue weighted by Gasteiger charge is -2.30. The zero-order valence-corrected chi connectivity index (χ0v) is 16.5. The van der Waals surface area contributed by atoms with Crippen molar-refractivity contribution in [3.63, 3.8) is 0 Å². The second-order valence-corrected chi connectivity index (χ2v) is 9.06. The molecule has 0 aromatic heterocycles. The largest absolute Gasteiger partial charge is 0.337 e. The summed E-state index contributed by atoms with van der Waals surface area (Å²) in [4.78, 5) is 29.3. The molecule has 1 unspecified atom stereocenters. The SMILES string of the molecule is CC(=O)c1ccc2c(c1)CN(C(=O)CCN1CCC(C)CC1)CCS2=O. The summed E-state index contributed by atoms with van der Waals surface area (Å²) in [6, 6.07) is 5.31. The fraction of sp³-hybridized carbons (Fsp3) is 0.600. The van der Waals surface area contributed by atoms with Crippen LogP contribution in [0.5, 0.6) is 0 Å². The first kappa shape index (κ1) is 19.2. The number of amides is 1. The number of Topliss-reactive ketones (excluding diaryl/α,β-unsaturated/α-hetero) is 1. The highest BCUT2D eigenvalue weighted by Crippen LogP contribution is 2.23. The molecule has 6 heteroatoms. The third-order valence-electron chi connectivity index (χ3n) is 5.49. The highest BCUT2D eigenvalue weighted by molar-refractivity contribution is 7.85. The minimum absolute atomic E-state index is 0.0139. The molecule has 2 aliphatic rings. The number of likely N-dealkylation sites (tertiary alicyclic amines) is 1. The van der Waals surface area contributed by atoms with E-state index >= 15 is 0 Å². The maximum atomic E-state index is 12.7. The number of nitrogens with zero attached hydrogens (tertiary/aromatic N) is 2. The van der Waals surface area contributed by atoms with Crippen LogP contribution in [0.25, 0.3) is 0 Å². The predicted octanol–water partition coefficient (Wildman–Crippen LogP) is 2.46. The Balaban J connectivity index is 1.65. The second-order valence-electron chi connectivity index (χ2n) is 7.52. The van der Waals surface area contributed by atoms with Crippen molar-refractivity contribution in [2.24, 2.45) is 5.92 Å². The molecule has 3 rings (SSSR count). The van der Waals surface area contributed by atoms with Crippen LogP contribution in [0.3, 0.4) is 0 Å². The average molecular weight is 377 g/mol. The number of hydrogen-bond donors (Lipinski definition) is 0. The van der Waals surface area contributed by atoms with Crippen molar-refractivity contribution in [3.05, 3.63) is 29.3 Å². The Hall–Kier alpha value is -1.53. The number of ketones is 1. The molecule has 0 spiro atoms. The van der Waals surface area contributed by atoms with E-state index in [2.05, 4.69) is 11.8 Å². The van der Waals surface area contributed by atoms with Gasteiger partial charge in [-0.1, -0.05) is 13.0 Å². The predicted molar refractivity (Wildman–Crippen MR) is 103 cm³/mol. The van der Waals surface area contributed by atoms with E-state index in [1.165, 1.54) is 19.8 Å². The van der Waals surface area contributed by atoms with Crippen LogP contribution < -0.4 is 0 Å². The van der Waals surface area contributed by atoms with Gasteiger partial charge in [-0.25, -0.2) is 0 Å². The highest BCUT2D eigenvalue weighted by Gasteiger charge is 2.24. The van der Waals surface area contributed by atoms with Gasteiger partial charge in [0, 0.05) is 42.3 Å². The van der Waals surface area contributed by atoms with Crippen LogP contribution in [0, 0.1) is 5.92 Å². The first-order valence-electron chi connectivity index (χ1n) is 9.46. The summed E-state index contributed by atoms with van der Waals surface area (Å²) in [5.74, 6) is 1.34. The van der Waals surface area contributed by atoms with E-state index in [1.807, 2.05) is 0 Å². The summed E-state index contributed by atoms with van der Waals surface area (Å²) < 4.78 is 12.5. The summed E-state index contributed by atoms with van der Waals surface area (Å²) in [5.41, 5.74) is 1.45. The second kappa shape index (κ2) is 8.44. The van der Waals surface area contributed by atoms with Gasteiger partial charge in [0.05, 0.1) is 10.8 Å². The van der Waals surface area contributed by atoms with E-state index < -0.39 is 10.8 Å². The molecule has 1 saturated heterocycles. The van der Waals surface area contributed by atoms with Crippen molar-refractivity contribution in [2.45, 2.75) is 44.6 Å². The molecule has 0 bridgehead atoms. The molecule has 142 valence electrons. The summed E-state index contributed by atoms with van der Waals surface area (Å²) in [6.07, 6.45) is 2.92. The van der Waals surface area contributed by atoms with Crippen molar-refractivity contribution in [2.75, 3.05) is 31.9 Å². The van der Waals surface area contributed by atoms with E-state index in [9.17, 15) is 13.8 Å². The van der Waals surface area contributed by atoms with E-state index in [4.69, 9.17) is 0 Å². The fourth-order valence-corrected chi connectivity index (χ4v) is 4.88. The molecule has 2 heterocycles. The molecular weight excluding hydrogens is 348 g/mol. The minimum atomic E-state index is -1.12. The normalized spacial score (nSPS) is 21.9. The Bertz CT molecular complexity index is 711. The number of carbonyl (C=O) groups is 2. The molecule has 1 fully saturated rings. The van der Waals surface area contributed by atoms with E-state index in [1.54, 1.807) is 23.1 Å². The first-order valence-corrected chi connectivity index (χ1v) is 10.8. The monoisotopic (exact) mass is 376 g/mol. The Labute approximate surface area is 158 Å². The Morgan fingerprint density at radius 2 is 1.92 bits per heavy atom. The van der Waals surface area contributed by atoms with Crippen LogP contribution in [0.1, 0.15) is 49.0 Å². The number of hydrogen-bond acceptors (Lipinski definition) is 4. The summed E-state index contributed by atoms with van der Waals surface area (Å²) in [7, 11) is -1.12. The van der Waals surface area contributed by atoms with Gasteiger partial charge in [-0.05, 0) is 56.5 Å². The highest BCUT2D eigenvalue weighted by atomic mass is 32.2. The average Bonchev–Trinajstić information content (AvgIpc) is 2.79. The van der Waals surface area contributed by atoms with Crippen molar-refractivity contribution >= 4 is 22.5 Å². The summed E-state index contributed by atoms with van der Waals surface area (Å²) >= 11 is 0. The van der Waals surface area contributed by atoms with Crippen LogP contribution >= 0.6 is 0 Å². The Morgan fingerprint density at radius 1 is 1.19 bits per heavy atom. The van der Waals surface area contributed by atoms with Crippen molar-refractivity contribution in [3.8, 4) is 0 Å². The summed E-state index contributed by atoms with van der Waals surface area (Å²) in [5, 5.41) is 0. The van der Waals surface area contributed by atoms with Crippen molar-refractivity contribution in [1.82, 2.24) is 9.80 Å². The van der Waals surface area contributed by atoms with E-state index in [-0.39, 0.29) is 11.7 Å². The Morgan fingerprint density at radius 3 is 2.62 bits per heavy atom. The van der Waals surface area contributed by atoms with Crippen LogP contribution in [0.2, 0.25) is 0 Å². The third-order valence-corrected chi connectivity index (χ3v) is 6.93. The molecule has 0 aliphatic carbocycles. The molecule has 1 atom stereocenters. The van der Waals surface area contributed by atoms with Gasteiger partial charge in [-0.3, -0.25) is 13.8 Å². The standard InChI is InChI=1S/C20H28N2O3S/c1-15-5-8-21(9-6-15)10-7-20(24)22-11-12-26(25)19-4-3-17(16(2)23)13-18(19)14-22/h3-4,13,15H,5-12,14H2,1-2H3. The maximum Gasteiger partial charge on any atom is 0.224 e. The molecule has 1 amide bonds. The first-order chi connectivity index (χ1) is 12.4.